The van der Waals surface area contributed by atoms with Gasteiger partial charge in [0.05, 0.1) is 5.25 Å². The summed E-state index contributed by atoms with van der Waals surface area (Å²) in [6.07, 6.45) is 1.33. The van der Waals surface area contributed by atoms with Crippen LogP contribution in [-0.4, -0.2) is 11.5 Å². The second-order valence-corrected chi connectivity index (χ2v) is 5.32. The Hall–Kier alpha value is -2.12. The predicted molar refractivity (Wildman–Crippen MR) is 78.6 cm³/mol. The van der Waals surface area contributed by atoms with E-state index in [1.165, 1.54) is 12.1 Å². The van der Waals surface area contributed by atoms with Crippen molar-refractivity contribution in [3.63, 3.8) is 0 Å². The van der Waals surface area contributed by atoms with Crippen LogP contribution in [-0.2, 0) is 11.2 Å². The highest BCUT2D eigenvalue weighted by Gasteiger charge is 2.09. The van der Waals surface area contributed by atoms with Gasteiger partial charge in [0, 0.05) is 0 Å². The Morgan fingerprint density at radius 1 is 1.10 bits per heavy atom. The van der Waals surface area contributed by atoms with E-state index < -0.39 is 0 Å². The number of thiocyanates is 1. The Labute approximate surface area is 121 Å². The Bertz CT molecular complexity index is 616. The summed E-state index contributed by atoms with van der Waals surface area (Å²) in [6, 6.07) is 14.0. The lowest BCUT2D eigenvalue weighted by atomic mass is 10.0. The van der Waals surface area contributed by atoms with Gasteiger partial charge in [-0.05, 0) is 47.0 Å². The van der Waals surface area contributed by atoms with Crippen LogP contribution in [0.15, 0.2) is 48.5 Å². The number of carbonyl (C=O) groups excluding carboxylic acids is 1. The number of rotatable bonds is 5. The summed E-state index contributed by atoms with van der Waals surface area (Å²) in [4.78, 5) is 10.8. The molecule has 0 heterocycles. The van der Waals surface area contributed by atoms with E-state index in [9.17, 15) is 9.18 Å². The summed E-state index contributed by atoms with van der Waals surface area (Å²) in [6.45, 7) is 0. The average Bonchev–Trinajstić information content (AvgIpc) is 2.48. The highest BCUT2D eigenvalue weighted by Crippen LogP contribution is 2.21. The van der Waals surface area contributed by atoms with Gasteiger partial charge in [-0.2, -0.15) is 5.26 Å². The minimum atomic E-state index is -0.336. The van der Waals surface area contributed by atoms with E-state index in [0.717, 1.165) is 34.7 Å². The van der Waals surface area contributed by atoms with Gasteiger partial charge >= 0.3 is 0 Å². The molecule has 0 saturated carbocycles. The van der Waals surface area contributed by atoms with Crippen LogP contribution in [0.25, 0.3) is 11.1 Å². The van der Waals surface area contributed by atoms with Crippen molar-refractivity contribution in [2.45, 2.75) is 11.7 Å². The fraction of sp³-hybridized carbons (Fsp3) is 0.125. The smallest absolute Gasteiger partial charge is 0.134 e. The van der Waals surface area contributed by atoms with E-state index in [4.69, 9.17) is 5.26 Å². The Balaban J connectivity index is 2.12. The Morgan fingerprint density at radius 3 is 2.15 bits per heavy atom. The maximum Gasteiger partial charge on any atom is 0.134 e. The van der Waals surface area contributed by atoms with E-state index in [1.54, 1.807) is 12.1 Å². The third-order valence-electron chi connectivity index (χ3n) is 2.92. The number of benzene rings is 2. The molecule has 0 unspecified atom stereocenters. The molecule has 2 nitrogen and oxygen atoms in total. The van der Waals surface area contributed by atoms with Crippen molar-refractivity contribution in [2.75, 3.05) is 0 Å². The van der Waals surface area contributed by atoms with Crippen LogP contribution >= 0.6 is 11.8 Å². The van der Waals surface area contributed by atoms with E-state index in [-0.39, 0.29) is 11.1 Å². The van der Waals surface area contributed by atoms with Gasteiger partial charge in [0.15, 0.2) is 0 Å². The molecule has 2 rings (SSSR count). The summed E-state index contributed by atoms with van der Waals surface area (Å²) >= 11 is 0.969. The first-order chi connectivity index (χ1) is 9.72. The molecule has 1 atom stereocenters. The van der Waals surface area contributed by atoms with Crippen molar-refractivity contribution >= 4 is 18.0 Å². The lowest BCUT2D eigenvalue weighted by Gasteiger charge is -2.07. The molecule has 0 saturated heterocycles. The molecule has 2 aromatic carbocycles. The summed E-state index contributed by atoms with van der Waals surface area (Å²) < 4.78 is 12.9. The van der Waals surface area contributed by atoms with Crippen LogP contribution in [0.3, 0.4) is 0 Å². The van der Waals surface area contributed by atoms with Crippen molar-refractivity contribution in [1.29, 1.82) is 5.26 Å². The number of hydrogen-bond acceptors (Lipinski definition) is 3. The number of halogens is 1. The molecular formula is C16H12FNOS. The molecule has 0 N–H and O–H groups in total. The highest BCUT2D eigenvalue weighted by atomic mass is 32.2. The van der Waals surface area contributed by atoms with Crippen LogP contribution in [0, 0.1) is 16.5 Å². The minimum Gasteiger partial charge on any atom is -0.302 e. The monoisotopic (exact) mass is 285 g/mol. The molecular weight excluding hydrogens is 273 g/mol. The molecule has 0 aromatic heterocycles. The average molecular weight is 285 g/mol. The van der Waals surface area contributed by atoms with E-state index in [0.29, 0.717) is 6.42 Å². The van der Waals surface area contributed by atoms with Gasteiger partial charge < -0.3 is 4.79 Å². The standard InChI is InChI=1S/C16H12FNOS/c17-15-7-5-14(6-8-15)13-3-1-12(2-4-13)9-16(10-19)20-11-18/h1-8,10,16H,9H2/t16-/m0/s1. The van der Waals surface area contributed by atoms with Gasteiger partial charge in [-0.25, -0.2) is 4.39 Å². The van der Waals surface area contributed by atoms with Crippen LogP contribution in [0.2, 0.25) is 0 Å². The Kier molecular flexibility index (Phi) is 4.91. The Morgan fingerprint density at radius 2 is 1.65 bits per heavy atom. The van der Waals surface area contributed by atoms with Crippen molar-refractivity contribution in [2.24, 2.45) is 0 Å². The summed E-state index contributed by atoms with van der Waals surface area (Å²) in [5, 5.41) is 10.2. The predicted octanol–water partition coefficient (Wildman–Crippen LogP) is 3.82. The topological polar surface area (TPSA) is 40.9 Å². The maximum absolute atomic E-state index is 12.9. The molecule has 0 amide bonds. The second kappa shape index (κ2) is 6.88. The van der Waals surface area contributed by atoms with E-state index >= 15 is 0 Å². The molecule has 0 radical (unpaired) electrons. The number of nitrogens with zero attached hydrogens (tertiary/aromatic N) is 1. The van der Waals surface area contributed by atoms with Crippen LogP contribution in [0.5, 0.6) is 0 Å². The summed E-state index contributed by atoms with van der Waals surface area (Å²) in [7, 11) is 0. The highest BCUT2D eigenvalue weighted by molar-refractivity contribution is 8.04. The molecule has 0 bridgehead atoms. The number of thioether (sulfide) groups is 1. The van der Waals surface area contributed by atoms with E-state index in [1.807, 2.05) is 29.7 Å². The fourth-order valence-electron chi connectivity index (χ4n) is 1.89. The molecule has 0 aliphatic heterocycles. The van der Waals surface area contributed by atoms with Gasteiger partial charge in [0.1, 0.15) is 17.5 Å². The molecule has 0 aliphatic carbocycles. The van der Waals surface area contributed by atoms with Gasteiger partial charge in [-0.15, -0.1) is 0 Å². The van der Waals surface area contributed by atoms with Crippen molar-refractivity contribution < 1.29 is 9.18 Å². The van der Waals surface area contributed by atoms with Crippen molar-refractivity contribution in [3.05, 3.63) is 59.9 Å². The van der Waals surface area contributed by atoms with Gasteiger partial charge in [0.25, 0.3) is 0 Å². The third-order valence-corrected chi connectivity index (χ3v) is 3.61. The molecule has 0 spiro atoms. The largest absolute Gasteiger partial charge is 0.302 e. The summed E-state index contributed by atoms with van der Waals surface area (Å²) in [5.74, 6) is -0.257. The zero-order valence-electron chi connectivity index (χ0n) is 10.6. The zero-order valence-corrected chi connectivity index (χ0v) is 11.4. The molecule has 0 fully saturated rings. The second-order valence-electron chi connectivity index (χ2n) is 4.29. The number of hydrogen-bond donors (Lipinski definition) is 0. The number of carbonyl (C=O) groups is 1. The number of nitriles is 1. The summed E-state index contributed by atoms with van der Waals surface area (Å²) in [5.41, 5.74) is 2.93. The maximum atomic E-state index is 12.9. The molecule has 2 aromatic rings. The lowest BCUT2D eigenvalue weighted by molar-refractivity contribution is -0.107. The van der Waals surface area contributed by atoms with E-state index in [2.05, 4.69) is 0 Å². The molecule has 20 heavy (non-hydrogen) atoms. The molecule has 4 heteroatoms. The minimum absolute atomic E-state index is 0.257. The zero-order chi connectivity index (χ0) is 14.4. The first-order valence-corrected chi connectivity index (χ1v) is 6.96. The van der Waals surface area contributed by atoms with Gasteiger partial charge in [-0.1, -0.05) is 36.4 Å². The SMILES string of the molecule is N#CS[C@H](C=O)Cc1ccc(-c2ccc(F)cc2)cc1. The third kappa shape index (κ3) is 3.69. The van der Waals surface area contributed by atoms with Gasteiger partial charge in [0.2, 0.25) is 0 Å². The fourth-order valence-corrected chi connectivity index (χ4v) is 2.36. The van der Waals surface area contributed by atoms with Crippen LogP contribution in [0.1, 0.15) is 5.56 Å². The first kappa shape index (κ1) is 14.3. The lowest BCUT2D eigenvalue weighted by Crippen LogP contribution is -2.07. The van der Waals surface area contributed by atoms with Crippen molar-refractivity contribution in [1.82, 2.24) is 0 Å². The molecule has 0 aliphatic rings. The number of aldehydes is 1. The normalized spacial score (nSPS) is 11.6. The van der Waals surface area contributed by atoms with Crippen LogP contribution in [0.4, 0.5) is 4.39 Å². The van der Waals surface area contributed by atoms with Crippen LogP contribution < -0.4 is 0 Å². The van der Waals surface area contributed by atoms with Crippen molar-refractivity contribution in [3.8, 4) is 16.5 Å². The quantitative estimate of drug-likeness (QED) is 0.619. The molecule has 100 valence electrons. The first-order valence-electron chi connectivity index (χ1n) is 6.08. The van der Waals surface area contributed by atoms with Gasteiger partial charge in [-0.3, -0.25) is 0 Å².